The van der Waals surface area contributed by atoms with E-state index in [0.29, 0.717) is 11.5 Å². The summed E-state index contributed by atoms with van der Waals surface area (Å²) < 4.78 is 0. The van der Waals surface area contributed by atoms with Gasteiger partial charge in [0.2, 0.25) is 0 Å². The molecule has 1 aromatic carbocycles. The number of aliphatic imine (C=N–C) groups is 1. The lowest BCUT2D eigenvalue weighted by molar-refractivity contribution is 0.488. The van der Waals surface area contributed by atoms with Crippen molar-refractivity contribution in [2.24, 2.45) is 10.4 Å². The van der Waals surface area contributed by atoms with Gasteiger partial charge in [-0.25, -0.2) is 0 Å². The number of rotatable bonds is 6. The van der Waals surface area contributed by atoms with E-state index >= 15 is 0 Å². The molecular formula is C17H27N3. The summed E-state index contributed by atoms with van der Waals surface area (Å²) in [5.41, 5.74) is 1.88. The van der Waals surface area contributed by atoms with E-state index in [1.54, 1.807) is 0 Å². The molecule has 1 aromatic rings. The Balaban J connectivity index is 1.83. The van der Waals surface area contributed by atoms with Crippen molar-refractivity contribution in [1.82, 2.24) is 10.6 Å². The lowest BCUT2D eigenvalue weighted by Gasteiger charge is -2.20. The molecule has 2 N–H and O–H groups in total. The van der Waals surface area contributed by atoms with Crippen molar-refractivity contribution in [3.05, 3.63) is 35.9 Å². The minimum Gasteiger partial charge on any atom is -0.356 e. The zero-order valence-electron chi connectivity index (χ0n) is 12.9. The van der Waals surface area contributed by atoms with E-state index in [1.165, 1.54) is 24.8 Å². The van der Waals surface area contributed by atoms with Gasteiger partial charge < -0.3 is 10.6 Å². The fourth-order valence-electron chi connectivity index (χ4n) is 2.42. The van der Waals surface area contributed by atoms with E-state index in [-0.39, 0.29) is 0 Å². The van der Waals surface area contributed by atoms with Crippen molar-refractivity contribution in [1.29, 1.82) is 0 Å². The van der Waals surface area contributed by atoms with Crippen molar-refractivity contribution in [2.75, 3.05) is 13.6 Å². The summed E-state index contributed by atoms with van der Waals surface area (Å²) in [5.74, 6) is 0.929. The molecule has 3 heteroatoms. The second-order valence-corrected chi connectivity index (χ2v) is 6.04. The fourth-order valence-corrected chi connectivity index (χ4v) is 2.42. The van der Waals surface area contributed by atoms with Crippen molar-refractivity contribution in [3.8, 4) is 0 Å². The van der Waals surface area contributed by atoms with Crippen LogP contribution in [0.2, 0.25) is 0 Å². The summed E-state index contributed by atoms with van der Waals surface area (Å²) in [7, 11) is 1.84. The molecule has 0 radical (unpaired) electrons. The van der Waals surface area contributed by atoms with Crippen LogP contribution in [0.15, 0.2) is 35.3 Å². The van der Waals surface area contributed by atoms with Gasteiger partial charge in [-0.1, -0.05) is 37.3 Å². The van der Waals surface area contributed by atoms with Gasteiger partial charge in [0.05, 0.1) is 0 Å². The number of guanidine groups is 1. The minimum absolute atomic E-state index is 0.439. The van der Waals surface area contributed by atoms with Gasteiger partial charge in [0.1, 0.15) is 0 Å². The van der Waals surface area contributed by atoms with Gasteiger partial charge in [-0.05, 0) is 43.6 Å². The van der Waals surface area contributed by atoms with Crippen molar-refractivity contribution in [3.63, 3.8) is 0 Å². The predicted molar refractivity (Wildman–Crippen MR) is 86.1 cm³/mol. The van der Waals surface area contributed by atoms with E-state index in [1.807, 2.05) is 7.05 Å². The third kappa shape index (κ3) is 4.26. The number of benzene rings is 1. The standard InChI is InChI=1S/C17H27N3/c1-4-14(2)20-16(18-3)19-13-17(10-11-17)12-15-8-6-5-7-9-15/h5-9,14H,4,10-13H2,1-3H3,(H2,18,19,20). The fraction of sp³-hybridized carbons (Fsp3) is 0.588. The van der Waals surface area contributed by atoms with E-state index in [2.05, 4.69) is 59.8 Å². The van der Waals surface area contributed by atoms with Crippen molar-refractivity contribution in [2.45, 2.75) is 45.6 Å². The highest BCUT2D eigenvalue weighted by molar-refractivity contribution is 5.80. The molecule has 2 rings (SSSR count). The Morgan fingerprint density at radius 1 is 1.30 bits per heavy atom. The second-order valence-electron chi connectivity index (χ2n) is 6.04. The molecule has 3 nitrogen and oxygen atoms in total. The van der Waals surface area contributed by atoms with Gasteiger partial charge in [0, 0.05) is 19.6 Å². The molecule has 0 aromatic heterocycles. The molecule has 20 heavy (non-hydrogen) atoms. The second kappa shape index (κ2) is 6.78. The minimum atomic E-state index is 0.439. The molecule has 1 saturated carbocycles. The van der Waals surface area contributed by atoms with Crippen LogP contribution in [0.3, 0.4) is 0 Å². The van der Waals surface area contributed by atoms with Crippen molar-refractivity contribution >= 4 is 5.96 Å². The summed E-state index contributed by atoms with van der Waals surface area (Å²) in [6.45, 7) is 5.38. The first kappa shape index (κ1) is 14.9. The van der Waals surface area contributed by atoms with Gasteiger partial charge in [0.15, 0.2) is 5.96 Å². The van der Waals surface area contributed by atoms with Crippen LogP contribution in [0.5, 0.6) is 0 Å². The highest BCUT2D eigenvalue weighted by Crippen LogP contribution is 2.47. The SMILES string of the molecule is CCC(C)NC(=NC)NCC1(Cc2ccccc2)CC1. The summed E-state index contributed by atoms with van der Waals surface area (Å²) in [4.78, 5) is 4.31. The third-order valence-corrected chi connectivity index (χ3v) is 4.23. The monoisotopic (exact) mass is 273 g/mol. The highest BCUT2D eigenvalue weighted by atomic mass is 15.2. The summed E-state index contributed by atoms with van der Waals surface area (Å²) in [5, 5.41) is 6.92. The lowest BCUT2D eigenvalue weighted by atomic mass is 9.96. The highest BCUT2D eigenvalue weighted by Gasteiger charge is 2.42. The first-order valence-electron chi connectivity index (χ1n) is 7.68. The number of hydrogen-bond acceptors (Lipinski definition) is 1. The zero-order chi connectivity index (χ0) is 14.4. The molecule has 0 saturated heterocycles. The maximum Gasteiger partial charge on any atom is 0.191 e. The summed E-state index contributed by atoms with van der Waals surface area (Å²) in [6.07, 6.45) is 4.90. The van der Waals surface area contributed by atoms with Crippen LogP contribution in [-0.4, -0.2) is 25.6 Å². The lowest BCUT2D eigenvalue weighted by Crippen LogP contribution is -2.44. The molecular weight excluding hydrogens is 246 g/mol. The molecule has 0 heterocycles. The molecule has 1 unspecified atom stereocenters. The van der Waals surface area contributed by atoms with E-state index < -0.39 is 0 Å². The maximum absolute atomic E-state index is 4.31. The molecule has 1 fully saturated rings. The van der Waals surface area contributed by atoms with Crippen LogP contribution in [0, 0.1) is 5.41 Å². The maximum atomic E-state index is 4.31. The number of nitrogens with zero attached hydrogens (tertiary/aromatic N) is 1. The number of hydrogen-bond donors (Lipinski definition) is 2. The first-order valence-corrected chi connectivity index (χ1v) is 7.68. The largest absolute Gasteiger partial charge is 0.356 e. The topological polar surface area (TPSA) is 36.4 Å². The summed E-state index contributed by atoms with van der Waals surface area (Å²) >= 11 is 0. The molecule has 1 aliphatic carbocycles. The van der Waals surface area contributed by atoms with E-state index in [4.69, 9.17) is 0 Å². The Morgan fingerprint density at radius 3 is 2.55 bits per heavy atom. The molecule has 1 aliphatic rings. The third-order valence-electron chi connectivity index (χ3n) is 4.23. The van der Waals surface area contributed by atoms with Gasteiger partial charge in [-0.15, -0.1) is 0 Å². The first-order chi connectivity index (χ1) is 9.67. The summed E-state index contributed by atoms with van der Waals surface area (Å²) in [6, 6.07) is 11.3. The normalized spacial score (nSPS) is 18.4. The van der Waals surface area contributed by atoms with Crippen LogP contribution >= 0.6 is 0 Å². The molecule has 110 valence electrons. The number of nitrogens with one attached hydrogen (secondary N) is 2. The molecule has 1 atom stereocenters. The Morgan fingerprint density at radius 2 is 2.00 bits per heavy atom. The Hall–Kier alpha value is -1.51. The Kier molecular flexibility index (Phi) is 5.05. The van der Waals surface area contributed by atoms with Gasteiger partial charge in [-0.2, -0.15) is 0 Å². The smallest absolute Gasteiger partial charge is 0.191 e. The zero-order valence-corrected chi connectivity index (χ0v) is 12.9. The van der Waals surface area contributed by atoms with Gasteiger partial charge >= 0.3 is 0 Å². The average molecular weight is 273 g/mol. The molecule has 0 aliphatic heterocycles. The van der Waals surface area contributed by atoms with Crippen LogP contribution in [-0.2, 0) is 6.42 Å². The predicted octanol–water partition coefficient (Wildman–Crippen LogP) is 2.97. The van der Waals surface area contributed by atoms with E-state index in [0.717, 1.165) is 18.9 Å². The molecule has 0 amide bonds. The quantitative estimate of drug-likeness (QED) is 0.617. The Bertz CT molecular complexity index is 435. The van der Waals surface area contributed by atoms with Crippen LogP contribution < -0.4 is 10.6 Å². The van der Waals surface area contributed by atoms with Crippen LogP contribution in [0.1, 0.15) is 38.7 Å². The Labute approximate surface area is 122 Å². The van der Waals surface area contributed by atoms with Crippen LogP contribution in [0.4, 0.5) is 0 Å². The average Bonchev–Trinajstić information content (AvgIpc) is 3.24. The molecule has 0 bridgehead atoms. The van der Waals surface area contributed by atoms with Crippen LogP contribution in [0.25, 0.3) is 0 Å². The van der Waals surface area contributed by atoms with Gasteiger partial charge in [0.25, 0.3) is 0 Å². The molecule has 0 spiro atoms. The van der Waals surface area contributed by atoms with Gasteiger partial charge in [-0.3, -0.25) is 4.99 Å². The van der Waals surface area contributed by atoms with Crippen molar-refractivity contribution < 1.29 is 0 Å². The van der Waals surface area contributed by atoms with E-state index in [9.17, 15) is 0 Å².